The van der Waals surface area contributed by atoms with Gasteiger partial charge in [-0.25, -0.2) is 4.39 Å². The number of hydrogen-bond donors (Lipinski definition) is 0. The van der Waals surface area contributed by atoms with E-state index in [1.165, 1.54) is 19.1 Å². The Morgan fingerprint density at radius 1 is 1.10 bits per heavy atom. The van der Waals surface area contributed by atoms with Crippen LogP contribution in [0.2, 0.25) is 0 Å². The quantitative estimate of drug-likeness (QED) is 0.795. The average Bonchev–Trinajstić information content (AvgIpc) is 2.40. The molecule has 2 aromatic rings. The summed E-state index contributed by atoms with van der Waals surface area (Å²) in [4.78, 5) is -0.0739. The standard InChI is InChI=1S/C15H15FO4S/c1-3-19-13-6-4-5-7-14(13)20-21(17,18)15-9-8-12(16)10-11(15)2/h4-10H,3H2,1-2H3. The van der Waals surface area contributed by atoms with Crippen LogP contribution in [-0.4, -0.2) is 15.0 Å². The Bertz CT molecular complexity index is 741. The first kappa shape index (κ1) is 15.3. The van der Waals surface area contributed by atoms with E-state index in [0.717, 1.165) is 12.1 Å². The Kier molecular flexibility index (Phi) is 4.47. The second-order valence-corrected chi connectivity index (χ2v) is 5.84. The zero-order valence-corrected chi connectivity index (χ0v) is 12.5. The van der Waals surface area contributed by atoms with Crippen molar-refractivity contribution in [2.75, 3.05) is 6.61 Å². The molecule has 0 aliphatic heterocycles. The average molecular weight is 310 g/mol. The van der Waals surface area contributed by atoms with Crippen molar-refractivity contribution in [1.82, 2.24) is 0 Å². The number of hydrogen-bond acceptors (Lipinski definition) is 4. The molecular formula is C15H15FO4S. The van der Waals surface area contributed by atoms with Gasteiger partial charge in [0.15, 0.2) is 11.5 Å². The van der Waals surface area contributed by atoms with Gasteiger partial charge in [0.2, 0.25) is 0 Å². The lowest BCUT2D eigenvalue weighted by Gasteiger charge is -2.12. The van der Waals surface area contributed by atoms with Crippen molar-refractivity contribution in [2.45, 2.75) is 18.7 Å². The number of halogens is 1. The Morgan fingerprint density at radius 2 is 1.76 bits per heavy atom. The fraction of sp³-hybridized carbons (Fsp3) is 0.200. The largest absolute Gasteiger partial charge is 0.490 e. The maximum Gasteiger partial charge on any atom is 0.339 e. The second kappa shape index (κ2) is 6.13. The first-order valence-corrected chi connectivity index (χ1v) is 7.77. The van der Waals surface area contributed by atoms with Crippen LogP contribution in [0.15, 0.2) is 47.4 Å². The van der Waals surface area contributed by atoms with Crippen LogP contribution in [0.5, 0.6) is 11.5 Å². The molecule has 21 heavy (non-hydrogen) atoms. The molecule has 112 valence electrons. The minimum atomic E-state index is -4.05. The second-order valence-electron chi connectivity index (χ2n) is 4.33. The molecule has 0 aliphatic carbocycles. The van der Waals surface area contributed by atoms with Gasteiger partial charge in [0, 0.05) is 0 Å². The van der Waals surface area contributed by atoms with Gasteiger partial charge in [0.25, 0.3) is 0 Å². The van der Waals surface area contributed by atoms with Crippen molar-refractivity contribution in [3.05, 3.63) is 53.8 Å². The first-order valence-electron chi connectivity index (χ1n) is 6.36. The summed E-state index contributed by atoms with van der Waals surface area (Å²) in [5, 5.41) is 0. The van der Waals surface area contributed by atoms with E-state index in [9.17, 15) is 12.8 Å². The van der Waals surface area contributed by atoms with Crippen LogP contribution >= 0.6 is 0 Å². The van der Waals surface area contributed by atoms with Crippen LogP contribution in [0.1, 0.15) is 12.5 Å². The molecule has 0 unspecified atom stereocenters. The third-order valence-electron chi connectivity index (χ3n) is 2.75. The zero-order chi connectivity index (χ0) is 15.5. The van der Waals surface area contributed by atoms with E-state index >= 15 is 0 Å². The Morgan fingerprint density at radius 3 is 2.38 bits per heavy atom. The van der Waals surface area contributed by atoms with E-state index in [0.29, 0.717) is 12.4 Å². The van der Waals surface area contributed by atoms with Crippen LogP contribution < -0.4 is 8.92 Å². The van der Waals surface area contributed by atoms with E-state index in [4.69, 9.17) is 8.92 Å². The monoisotopic (exact) mass is 310 g/mol. The van der Waals surface area contributed by atoms with Gasteiger partial charge in [-0.05, 0) is 49.7 Å². The molecule has 0 spiro atoms. The molecule has 0 aliphatic rings. The van der Waals surface area contributed by atoms with Gasteiger partial charge in [0.05, 0.1) is 6.61 Å². The van der Waals surface area contributed by atoms with E-state index < -0.39 is 15.9 Å². The SMILES string of the molecule is CCOc1ccccc1OS(=O)(=O)c1ccc(F)cc1C. The van der Waals surface area contributed by atoms with Gasteiger partial charge >= 0.3 is 10.1 Å². The summed E-state index contributed by atoms with van der Waals surface area (Å²) in [5.74, 6) is -0.0624. The van der Waals surface area contributed by atoms with Crippen LogP contribution in [-0.2, 0) is 10.1 Å². The Labute approximate surface area is 123 Å². The third-order valence-corrected chi connectivity index (χ3v) is 4.15. The Hall–Kier alpha value is -2.08. The summed E-state index contributed by atoms with van der Waals surface area (Å²) in [6, 6.07) is 9.89. The highest BCUT2D eigenvalue weighted by Gasteiger charge is 2.21. The summed E-state index contributed by atoms with van der Waals surface area (Å²) in [6.07, 6.45) is 0. The topological polar surface area (TPSA) is 52.6 Å². The fourth-order valence-electron chi connectivity index (χ4n) is 1.85. The van der Waals surface area contributed by atoms with Crippen molar-refractivity contribution in [2.24, 2.45) is 0 Å². The molecule has 0 saturated heterocycles. The molecule has 4 nitrogen and oxygen atoms in total. The molecule has 0 N–H and O–H groups in total. The highest BCUT2D eigenvalue weighted by molar-refractivity contribution is 7.87. The van der Waals surface area contributed by atoms with Crippen molar-refractivity contribution >= 4 is 10.1 Å². The van der Waals surface area contributed by atoms with E-state index in [2.05, 4.69) is 0 Å². The van der Waals surface area contributed by atoms with Crippen molar-refractivity contribution in [3.63, 3.8) is 0 Å². The maximum absolute atomic E-state index is 13.1. The lowest BCUT2D eigenvalue weighted by molar-refractivity contribution is 0.327. The molecule has 0 aromatic heterocycles. The van der Waals surface area contributed by atoms with Crippen LogP contribution in [0.3, 0.4) is 0 Å². The maximum atomic E-state index is 13.1. The summed E-state index contributed by atoms with van der Waals surface area (Å²) in [5.41, 5.74) is 0.281. The first-order chi connectivity index (χ1) is 9.94. The van der Waals surface area contributed by atoms with Crippen LogP contribution in [0.25, 0.3) is 0 Å². The molecule has 2 rings (SSSR count). The molecule has 0 heterocycles. The van der Waals surface area contributed by atoms with Crippen LogP contribution in [0.4, 0.5) is 4.39 Å². The number of aryl methyl sites for hydroxylation is 1. The zero-order valence-electron chi connectivity index (χ0n) is 11.7. The molecular weight excluding hydrogens is 295 g/mol. The van der Waals surface area contributed by atoms with E-state index in [-0.39, 0.29) is 16.2 Å². The number of rotatable bonds is 5. The predicted octanol–water partition coefficient (Wildman–Crippen LogP) is 3.30. The number of ether oxygens (including phenoxy) is 1. The highest BCUT2D eigenvalue weighted by atomic mass is 32.2. The number of para-hydroxylation sites is 2. The van der Waals surface area contributed by atoms with Gasteiger partial charge in [0.1, 0.15) is 10.7 Å². The summed E-state index contributed by atoms with van der Waals surface area (Å²) < 4.78 is 48.1. The molecule has 0 amide bonds. The van der Waals surface area contributed by atoms with Gasteiger partial charge in [-0.2, -0.15) is 8.42 Å². The lowest BCUT2D eigenvalue weighted by atomic mass is 10.2. The third kappa shape index (κ3) is 3.52. The van der Waals surface area contributed by atoms with Gasteiger partial charge in [-0.3, -0.25) is 0 Å². The van der Waals surface area contributed by atoms with Crippen LogP contribution in [0, 0.1) is 12.7 Å². The molecule has 6 heteroatoms. The van der Waals surface area contributed by atoms with Gasteiger partial charge in [-0.1, -0.05) is 12.1 Å². The summed E-state index contributed by atoms with van der Waals surface area (Å²) in [6.45, 7) is 3.68. The predicted molar refractivity (Wildman–Crippen MR) is 76.6 cm³/mol. The van der Waals surface area contributed by atoms with Crippen molar-refractivity contribution in [1.29, 1.82) is 0 Å². The minimum absolute atomic E-state index is 0.0739. The van der Waals surface area contributed by atoms with E-state index in [1.807, 2.05) is 0 Å². The molecule has 0 bridgehead atoms. The molecule has 2 aromatic carbocycles. The van der Waals surface area contributed by atoms with Gasteiger partial charge in [-0.15, -0.1) is 0 Å². The molecule has 0 fully saturated rings. The summed E-state index contributed by atoms with van der Waals surface area (Å²) in [7, 11) is -4.05. The lowest BCUT2D eigenvalue weighted by Crippen LogP contribution is -2.12. The van der Waals surface area contributed by atoms with Crippen molar-refractivity contribution in [3.8, 4) is 11.5 Å². The number of benzene rings is 2. The van der Waals surface area contributed by atoms with Crippen molar-refractivity contribution < 1.29 is 21.7 Å². The normalized spacial score (nSPS) is 11.2. The summed E-state index contributed by atoms with van der Waals surface area (Å²) >= 11 is 0. The molecule has 0 saturated carbocycles. The molecule has 0 atom stereocenters. The fourth-order valence-corrected chi connectivity index (χ4v) is 3.00. The van der Waals surface area contributed by atoms with Gasteiger partial charge < -0.3 is 8.92 Å². The molecule has 0 radical (unpaired) electrons. The highest BCUT2D eigenvalue weighted by Crippen LogP contribution is 2.30. The van der Waals surface area contributed by atoms with E-state index in [1.54, 1.807) is 25.1 Å². The minimum Gasteiger partial charge on any atom is -0.490 e. The smallest absolute Gasteiger partial charge is 0.339 e. The Balaban J connectivity index is 2.38.